The molecule has 1 fully saturated rings. The minimum Gasteiger partial charge on any atom is -0.356 e. The first-order valence-electron chi connectivity index (χ1n) is 7.97. The Labute approximate surface area is 144 Å². The molecular formula is C17H17ClFN5. The molecule has 3 aromatic heterocycles. The van der Waals surface area contributed by atoms with Gasteiger partial charge in [-0.1, -0.05) is 17.7 Å². The van der Waals surface area contributed by atoms with Crippen LogP contribution in [0.3, 0.4) is 0 Å². The van der Waals surface area contributed by atoms with E-state index in [0.29, 0.717) is 11.0 Å². The molecule has 0 bridgehead atoms. The smallest absolute Gasteiger partial charge is 0.153 e. The number of piperidine rings is 1. The molecule has 0 radical (unpaired) electrons. The molecular weight excluding hydrogens is 329 g/mol. The number of anilines is 1. The van der Waals surface area contributed by atoms with E-state index in [2.05, 4.69) is 25.9 Å². The van der Waals surface area contributed by atoms with Crippen LogP contribution in [0, 0.1) is 12.7 Å². The summed E-state index contributed by atoms with van der Waals surface area (Å²) in [4.78, 5) is 14.8. The van der Waals surface area contributed by atoms with Crippen LogP contribution < -0.4 is 4.90 Å². The zero-order chi connectivity index (χ0) is 16.7. The van der Waals surface area contributed by atoms with E-state index in [1.54, 1.807) is 0 Å². The van der Waals surface area contributed by atoms with Gasteiger partial charge in [0, 0.05) is 31.5 Å². The summed E-state index contributed by atoms with van der Waals surface area (Å²) in [5.41, 5.74) is 1.72. The van der Waals surface area contributed by atoms with Crippen LogP contribution in [0.4, 0.5) is 10.2 Å². The molecule has 124 valence electrons. The standard InChI is InChI=1S/C17H17ClFN5/c1-11-2-3-14(20-8-11)23-6-4-12(5-7-23)24-9-13(19)15-16(18)21-10-22-17(15)24/h2-3,8-10,12H,4-7H2,1H3. The van der Waals surface area contributed by atoms with Crippen LogP contribution in [-0.2, 0) is 0 Å². The highest BCUT2D eigenvalue weighted by Crippen LogP contribution is 2.31. The van der Waals surface area contributed by atoms with E-state index in [1.165, 1.54) is 12.5 Å². The molecule has 0 spiro atoms. The zero-order valence-corrected chi connectivity index (χ0v) is 14.0. The summed E-state index contributed by atoms with van der Waals surface area (Å²) in [6.45, 7) is 3.78. The Hall–Kier alpha value is -2.21. The molecule has 0 amide bonds. The normalized spacial score (nSPS) is 16.0. The van der Waals surface area contributed by atoms with Gasteiger partial charge >= 0.3 is 0 Å². The largest absolute Gasteiger partial charge is 0.356 e. The van der Waals surface area contributed by atoms with E-state index in [4.69, 9.17) is 11.6 Å². The second kappa shape index (κ2) is 6.02. The molecule has 0 aromatic carbocycles. The van der Waals surface area contributed by atoms with Crippen molar-refractivity contribution < 1.29 is 4.39 Å². The lowest BCUT2D eigenvalue weighted by Gasteiger charge is -2.33. The molecule has 5 nitrogen and oxygen atoms in total. The van der Waals surface area contributed by atoms with Crippen molar-refractivity contribution in [2.75, 3.05) is 18.0 Å². The maximum absolute atomic E-state index is 14.2. The predicted octanol–water partition coefficient (Wildman–Crippen LogP) is 3.77. The Morgan fingerprint density at radius 2 is 1.96 bits per heavy atom. The van der Waals surface area contributed by atoms with Gasteiger partial charge in [0.1, 0.15) is 22.9 Å². The fourth-order valence-electron chi connectivity index (χ4n) is 3.30. The molecule has 0 N–H and O–H groups in total. The van der Waals surface area contributed by atoms with Crippen molar-refractivity contribution in [2.24, 2.45) is 0 Å². The van der Waals surface area contributed by atoms with Crippen molar-refractivity contribution in [3.05, 3.63) is 47.4 Å². The first kappa shape index (κ1) is 15.3. The van der Waals surface area contributed by atoms with E-state index >= 15 is 0 Å². The summed E-state index contributed by atoms with van der Waals surface area (Å²) in [7, 11) is 0. The van der Waals surface area contributed by atoms with E-state index in [0.717, 1.165) is 37.3 Å². The molecule has 3 aromatic rings. The molecule has 7 heteroatoms. The van der Waals surface area contributed by atoms with Gasteiger partial charge < -0.3 is 9.47 Å². The SMILES string of the molecule is Cc1ccc(N2CCC(n3cc(F)c4c(Cl)ncnc43)CC2)nc1. The van der Waals surface area contributed by atoms with Crippen molar-refractivity contribution in [3.63, 3.8) is 0 Å². The molecule has 1 aliphatic heterocycles. The van der Waals surface area contributed by atoms with Gasteiger partial charge in [0.25, 0.3) is 0 Å². The number of pyridine rings is 1. The summed E-state index contributed by atoms with van der Waals surface area (Å²) in [6.07, 6.45) is 6.57. The van der Waals surface area contributed by atoms with Crippen LogP contribution >= 0.6 is 11.6 Å². The molecule has 0 atom stereocenters. The average Bonchev–Trinajstić information content (AvgIpc) is 2.94. The second-order valence-electron chi connectivity index (χ2n) is 6.16. The maximum Gasteiger partial charge on any atom is 0.153 e. The summed E-state index contributed by atoms with van der Waals surface area (Å²) >= 11 is 6.01. The Balaban J connectivity index is 1.56. The van der Waals surface area contributed by atoms with Crippen LogP contribution in [0.1, 0.15) is 24.4 Å². The fraction of sp³-hybridized carbons (Fsp3) is 0.353. The van der Waals surface area contributed by atoms with Gasteiger partial charge in [0.05, 0.1) is 5.39 Å². The third kappa shape index (κ3) is 2.60. The third-order valence-electron chi connectivity index (χ3n) is 4.59. The minimum atomic E-state index is -0.363. The summed E-state index contributed by atoms with van der Waals surface area (Å²) in [5.74, 6) is 0.631. The van der Waals surface area contributed by atoms with E-state index < -0.39 is 0 Å². The lowest BCUT2D eigenvalue weighted by Crippen LogP contribution is -2.35. The topological polar surface area (TPSA) is 46.8 Å². The minimum absolute atomic E-state index is 0.164. The van der Waals surface area contributed by atoms with Crippen LogP contribution in [0.25, 0.3) is 11.0 Å². The number of rotatable bonds is 2. The number of aromatic nitrogens is 4. The molecule has 24 heavy (non-hydrogen) atoms. The highest BCUT2D eigenvalue weighted by molar-refractivity contribution is 6.34. The third-order valence-corrected chi connectivity index (χ3v) is 4.88. The quantitative estimate of drug-likeness (QED) is 0.663. The van der Waals surface area contributed by atoms with E-state index in [-0.39, 0.29) is 17.0 Å². The van der Waals surface area contributed by atoms with Crippen LogP contribution in [0.15, 0.2) is 30.9 Å². The maximum atomic E-state index is 14.2. The van der Waals surface area contributed by atoms with Crippen molar-refractivity contribution in [2.45, 2.75) is 25.8 Å². The van der Waals surface area contributed by atoms with Crippen molar-refractivity contribution in [1.82, 2.24) is 19.5 Å². The first-order valence-corrected chi connectivity index (χ1v) is 8.35. The molecule has 1 aliphatic rings. The fourth-order valence-corrected chi connectivity index (χ4v) is 3.52. The molecule has 0 saturated carbocycles. The second-order valence-corrected chi connectivity index (χ2v) is 6.52. The van der Waals surface area contributed by atoms with Gasteiger partial charge in [-0.3, -0.25) is 0 Å². The lowest BCUT2D eigenvalue weighted by atomic mass is 10.0. The zero-order valence-electron chi connectivity index (χ0n) is 13.3. The van der Waals surface area contributed by atoms with Crippen molar-refractivity contribution in [3.8, 4) is 0 Å². The highest BCUT2D eigenvalue weighted by Gasteiger charge is 2.24. The van der Waals surface area contributed by atoms with Gasteiger partial charge in [0.15, 0.2) is 5.82 Å². The summed E-state index contributed by atoms with van der Waals surface area (Å²) in [6, 6.07) is 4.32. The molecule has 0 aliphatic carbocycles. The molecule has 1 saturated heterocycles. The van der Waals surface area contributed by atoms with Crippen LogP contribution in [0.5, 0.6) is 0 Å². The van der Waals surface area contributed by atoms with E-state index in [9.17, 15) is 4.39 Å². The van der Waals surface area contributed by atoms with Crippen molar-refractivity contribution >= 4 is 28.5 Å². The molecule has 0 unspecified atom stereocenters. The monoisotopic (exact) mass is 345 g/mol. The predicted molar refractivity (Wildman–Crippen MR) is 92.0 cm³/mol. The number of hydrogen-bond donors (Lipinski definition) is 0. The number of halogens is 2. The number of aryl methyl sites for hydroxylation is 1. The first-order chi connectivity index (χ1) is 11.6. The van der Waals surface area contributed by atoms with E-state index in [1.807, 2.05) is 23.8 Å². The molecule has 4 rings (SSSR count). The van der Waals surface area contributed by atoms with Gasteiger partial charge in [-0.25, -0.2) is 19.3 Å². The number of nitrogens with zero attached hydrogens (tertiary/aromatic N) is 5. The summed E-state index contributed by atoms with van der Waals surface area (Å²) < 4.78 is 16.1. The van der Waals surface area contributed by atoms with Gasteiger partial charge in [-0.05, 0) is 31.4 Å². The Bertz CT molecular complexity index is 869. The van der Waals surface area contributed by atoms with Gasteiger partial charge in [-0.15, -0.1) is 0 Å². The van der Waals surface area contributed by atoms with Gasteiger partial charge in [-0.2, -0.15) is 0 Å². The Kier molecular flexibility index (Phi) is 3.84. The Morgan fingerprint density at radius 3 is 2.67 bits per heavy atom. The summed E-state index contributed by atoms with van der Waals surface area (Å²) in [5, 5.41) is 0.472. The Morgan fingerprint density at radius 1 is 1.17 bits per heavy atom. The number of hydrogen-bond acceptors (Lipinski definition) is 4. The van der Waals surface area contributed by atoms with Crippen LogP contribution in [-0.4, -0.2) is 32.6 Å². The lowest BCUT2D eigenvalue weighted by molar-refractivity contribution is 0.400. The van der Waals surface area contributed by atoms with Crippen molar-refractivity contribution in [1.29, 1.82) is 0 Å². The van der Waals surface area contributed by atoms with Crippen LogP contribution in [0.2, 0.25) is 5.15 Å². The average molecular weight is 346 g/mol. The molecule has 4 heterocycles. The van der Waals surface area contributed by atoms with Gasteiger partial charge in [0.2, 0.25) is 0 Å². The highest BCUT2D eigenvalue weighted by atomic mass is 35.5. The number of fused-ring (bicyclic) bond motifs is 1.